The van der Waals surface area contributed by atoms with E-state index in [1.54, 1.807) is 36.4 Å². The van der Waals surface area contributed by atoms with Crippen LogP contribution in [0.25, 0.3) is 0 Å². The molecule has 11 heteroatoms. The molecular formula is C18H17ClN6O3S. The lowest BCUT2D eigenvalue weighted by Gasteiger charge is -2.09. The predicted molar refractivity (Wildman–Crippen MR) is 110 cm³/mol. The number of nitrogens with two attached hydrogens (primary N) is 1. The third-order valence-electron chi connectivity index (χ3n) is 3.83. The molecule has 9 nitrogen and oxygen atoms in total. The number of nitrogens with zero attached hydrogens (tertiary/aromatic N) is 3. The second-order valence-electron chi connectivity index (χ2n) is 6.06. The van der Waals surface area contributed by atoms with E-state index in [1.807, 2.05) is 0 Å². The first-order valence-corrected chi connectivity index (χ1v) is 10.3. The summed E-state index contributed by atoms with van der Waals surface area (Å²) in [6.45, 7) is 1.74. The molecule has 0 amide bonds. The maximum absolute atomic E-state index is 11.5. The Balaban J connectivity index is 1.73. The van der Waals surface area contributed by atoms with Crippen molar-refractivity contribution in [2.24, 2.45) is 5.14 Å². The molecule has 1 heterocycles. The van der Waals surface area contributed by atoms with Crippen LogP contribution in [0, 0.1) is 0 Å². The summed E-state index contributed by atoms with van der Waals surface area (Å²) in [6, 6.07) is 13.0. The van der Waals surface area contributed by atoms with Crippen LogP contribution >= 0.6 is 11.6 Å². The number of hydrogen-bond donors (Lipinski definition) is 3. The van der Waals surface area contributed by atoms with Crippen LogP contribution < -0.4 is 15.8 Å². The fraction of sp³-hybridized carbons (Fsp3) is 0.111. The van der Waals surface area contributed by atoms with Gasteiger partial charge in [0.1, 0.15) is 0 Å². The monoisotopic (exact) mass is 432 g/mol. The molecule has 0 unspecified atom stereocenters. The van der Waals surface area contributed by atoms with Crippen molar-refractivity contribution in [1.29, 1.82) is 0 Å². The maximum atomic E-state index is 11.5. The molecule has 0 radical (unpaired) electrons. The molecule has 29 heavy (non-hydrogen) atoms. The predicted octanol–water partition coefficient (Wildman–Crippen LogP) is 2.73. The molecule has 0 aliphatic rings. The van der Waals surface area contributed by atoms with Gasteiger partial charge in [0.2, 0.25) is 27.2 Å². The van der Waals surface area contributed by atoms with Crippen molar-refractivity contribution in [3.63, 3.8) is 0 Å². The second kappa shape index (κ2) is 8.52. The molecule has 0 aliphatic heterocycles. The van der Waals surface area contributed by atoms with Crippen molar-refractivity contribution in [3.05, 3.63) is 64.9 Å². The quantitative estimate of drug-likeness (QED) is 0.484. The smallest absolute Gasteiger partial charge is 0.238 e. The summed E-state index contributed by atoms with van der Waals surface area (Å²) in [5.41, 5.74) is 1.93. The first kappa shape index (κ1) is 20.6. The highest BCUT2D eigenvalue weighted by Crippen LogP contribution is 2.18. The van der Waals surface area contributed by atoms with E-state index in [0.29, 0.717) is 16.8 Å². The van der Waals surface area contributed by atoms with Gasteiger partial charge in [0.15, 0.2) is 5.78 Å². The summed E-state index contributed by atoms with van der Waals surface area (Å²) in [6.07, 6.45) is 0. The van der Waals surface area contributed by atoms with Crippen molar-refractivity contribution in [3.8, 4) is 0 Å². The third kappa shape index (κ3) is 5.70. The average molecular weight is 433 g/mol. The van der Waals surface area contributed by atoms with E-state index in [4.69, 9.17) is 16.7 Å². The van der Waals surface area contributed by atoms with Crippen molar-refractivity contribution in [1.82, 2.24) is 15.0 Å². The molecule has 0 aliphatic carbocycles. The summed E-state index contributed by atoms with van der Waals surface area (Å²) in [4.78, 5) is 23.6. The summed E-state index contributed by atoms with van der Waals surface area (Å²) in [7, 11) is -3.79. The van der Waals surface area contributed by atoms with Gasteiger partial charge in [0, 0.05) is 17.8 Å². The number of primary sulfonamides is 1. The Bertz CT molecular complexity index is 1150. The lowest BCUT2D eigenvalue weighted by molar-refractivity contribution is 0.101. The molecule has 1 aromatic heterocycles. The van der Waals surface area contributed by atoms with Gasteiger partial charge in [-0.05, 0) is 60.5 Å². The minimum Gasteiger partial charge on any atom is -0.350 e. The number of carbonyl (C=O) groups excluding carboxylic acids is 1. The topological polar surface area (TPSA) is 140 Å². The molecule has 4 N–H and O–H groups in total. The van der Waals surface area contributed by atoms with E-state index in [1.165, 1.54) is 19.1 Å². The number of ketones is 1. The van der Waals surface area contributed by atoms with Gasteiger partial charge in [-0.3, -0.25) is 4.79 Å². The summed E-state index contributed by atoms with van der Waals surface area (Å²) < 4.78 is 22.9. The highest BCUT2D eigenvalue weighted by atomic mass is 35.5. The number of nitrogens with one attached hydrogen (secondary N) is 2. The Hall–Kier alpha value is -3.08. The van der Waals surface area contributed by atoms with Crippen LogP contribution in [0.4, 0.5) is 17.6 Å². The van der Waals surface area contributed by atoms with Gasteiger partial charge in [-0.15, -0.1) is 0 Å². The van der Waals surface area contributed by atoms with Crippen molar-refractivity contribution in [2.45, 2.75) is 18.4 Å². The Morgan fingerprint density at radius 2 is 1.76 bits per heavy atom. The fourth-order valence-electron chi connectivity index (χ4n) is 2.42. The first-order valence-electron chi connectivity index (χ1n) is 8.36. The van der Waals surface area contributed by atoms with E-state index >= 15 is 0 Å². The van der Waals surface area contributed by atoms with Crippen molar-refractivity contribution >= 4 is 45.0 Å². The molecule has 2 aromatic carbocycles. The highest BCUT2D eigenvalue weighted by molar-refractivity contribution is 7.89. The van der Waals surface area contributed by atoms with Gasteiger partial charge in [0.05, 0.1) is 4.90 Å². The molecule has 0 atom stereocenters. The molecular weight excluding hydrogens is 416 g/mol. The number of halogens is 1. The number of aromatic nitrogens is 3. The number of sulfonamides is 1. The minimum absolute atomic E-state index is 0.0156. The average Bonchev–Trinajstić information content (AvgIpc) is 2.66. The van der Waals surface area contributed by atoms with E-state index in [-0.39, 0.29) is 34.4 Å². The minimum atomic E-state index is -3.79. The summed E-state index contributed by atoms with van der Waals surface area (Å²) in [5, 5.41) is 11.1. The number of benzene rings is 2. The molecule has 0 fully saturated rings. The number of Topliss-reactive ketones (excluding diaryl/α,β-unsaturated/α-hetero) is 1. The van der Waals surface area contributed by atoms with Gasteiger partial charge in [0.25, 0.3) is 0 Å². The lowest BCUT2D eigenvalue weighted by atomic mass is 10.1. The van der Waals surface area contributed by atoms with Crippen LogP contribution in [-0.4, -0.2) is 29.2 Å². The molecule has 0 spiro atoms. The van der Waals surface area contributed by atoms with Crippen LogP contribution in [0.2, 0.25) is 5.28 Å². The van der Waals surface area contributed by atoms with Crippen LogP contribution in [0.3, 0.4) is 0 Å². The Kier molecular flexibility index (Phi) is 6.06. The van der Waals surface area contributed by atoms with Crippen LogP contribution in [0.15, 0.2) is 53.4 Å². The first-order chi connectivity index (χ1) is 13.7. The molecule has 3 rings (SSSR count). The third-order valence-corrected chi connectivity index (χ3v) is 4.91. The highest BCUT2D eigenvalue weighted by Gasteiger charge is 2.09. The Labute approximate surface area is 172 Å². The van der Waals surface area contributed by atoms with E-state index in [2.05, 4.69) is 25.6 Å². The van der Waals surface area contributed by atoms with Crippen molar-refractivity contribution < 1.29 is 13.2 Å². The molecule has 3 aromatic rings. The SMILES string of the molecule is CC(=O)c1ccc(Nc2nc(Cl)nc(NCc3cccc(S(N)(=O)=O)c3)n2)cc1. The van der Waals surface area contributed by atoms with Gasteiger partial charge in [-0.25, -0.2) is 13.6 Å². The molecule has 0 saturated heterocycles. The molecule has 150 valence electrons. The summed E-state index contributed by atoms with van der Waals surface area (Å²) in [5.74, 6) is 0.382. The Morgan fingerprint density at radius 3 is 2.41 bits per heavy atom. The molecule has 0 saturated carbocycles. The number of anilines is 3. The van der Waals surface area contributed by atoms with Crippen LogP contribution in [0.5, 0.6) is 0 Å². The normalized spacial score (nSPS) is 11.1. The van der Waals surface area contributed by atoms with Gasteiger partial charge < -0.3 is 10.6 Å². The van der Waals surface area contributed by atoms with Crippen LogP contribution in [0.1, 0.15) is 22.8 Å². The fourth-order valence-corrected chi connectivity index (χ4v) is 3.16. The zero-order chi connectivity index (χ0) is 21.0. The van der Waals surface area contributed by atoms with E-state index in [0.717, 1.165) is 0 Å². The Morgan fingerprint density at radius 1 is 1.07 bits per heavy atom. The van der Waals surface area contributed by atoms with Gasteiger partial charge in [-0.2, -0.15) is 15.0 Å². The van der Waals surface area contributed by atoms with E-state index < -0.39 is 10.0 Å². The van der Waals surface area contributed by atoms with Gasteiger partial charge >= 0.3 is 0 Å². The molecule has 0 bridgehead atoms. The second-order valence-corrected chi connectivity index (χ2v) is 7.96. The zero-order valence-electron chi connectivity index (χ0n) is 15.3. The van der Waals surface area contributed by atoms with Crippen molar-refractivity contribution in [2.75, 3.05) is 10.6 Å². The number of hydrogen-bond acceptors (Lipinski definition) is 8. The maximum Gasteiger partial charge on any atom is 0.238 e. The summed E-state index contributed by atoms with van der Waals surface area (Å²) >= 11 is 5.97. The lowest BCUT2D eigenvalue weighted by Crippen LogP contribution is -2.13. The number of rotatable bonds is 7. The largest absolute Gasteiger partial charge is 0.350 e. The van der Waals surface area contributed by atoms with E-state index in [9.17, 15) is 13.2 Å². The number of carbonyl (C=O) groups is 1. The zero-order valence-corrected chi connectivity index (χ0v) is 16.8. The van der Waals surface area contributed by atoms with Crippen LogP contribution in [-0.2, 0) is 16.6 Å². The standard InChI is InChI=1S/C18H17ClN6O3S/c1-11(26)13-5-7-14(8-6-13)22-18-24-16(19)23-17(25-18)21-10-12-3-2-4-15(9-12)29(20,27)28/h2-9H,10H2,1H3,(H2,20,27,28)(H2,21,22,23,24,25). The van der Waals surface area contributed by atoms with Gasteiger partial charge in [-0.1, -0.05) is 12.1 Å².